The first-order valence-corrected chi connectivity index (χ1v) is 11.1. The van der Waals surface area contributed by atoms with E-state index in [-0.39, 0.29) is 51.2 Å². The molecular formula is C12H26Cl2O4S3-4. The molecule has 0 aliphatic carbocycles. The van der Waals surface area contributed by atoms with Crippen LogP contribution < -0.4 is 35.0 Å². The van der Waals surface area contributed by atoms with Crippen molar-refractivity contribution in [2.24, 2.45) is 0 Å². The first-order valence-electron chi connectivity index (χ1n) is 6.52. The summed E-state index contributed by atoms with van der Waals surface area (Å²) in [7, 11) is -1.19. The van der Waals surface area contributed by atoms with Crippen LogP contribution in [0.5, 0.6) is 0 Å². The lowest BCUT2D eigenvalue weighted by Crippen LogP contribution is -3.00. The number of rotatable bonds is 14. The average molecular weight is 401 g/mol. The molecule has 0 spiro atoms. The van der Waals surface area contributed by atoms with Crippen molar-refractivity contribution >= 4 is 33.6 Å². The van der Waals surface area contributed by atoms with Gasteiger partial charge < -0.3 is 45.2 Å². The number of aliphatic hydroxyl groups excluding tert-OH is 2. The Balaban J connectivity index is -0.00000162. The van der Waals surface area contributed by atoms with Crippen LogP contribution in [0.4, 0.5) is 0 Å². The molecule has 2 N–H and O–H groups in total. The van der Waals surface area contributed by atoms with Gasteiger partial charge in [-0.15, -0.1) is 13.2 Å². The molecule has 0 saturated carbocycles. The zero-order valence-electron chi connectivity index (χ0n) is 12.2. The van der Waals surface area contributed by atoms with Gasteiger partial charge >= 0.3 is 0 Å². The lowest BCUT2D eigenvalue weighted by molar-refractivity contribution is -0.361. The van der Waals surface area contributed by atoms with E-state index in [2.05, 4.69) is 0 Å². The van der Waals surface area contributed by atoms with Crippen molar-refractivity contribution in [3.8, 4) is 0 Å². The fourth-order valence-electron chi connectivity index (χ4n) is 1.78. The highest BCUT2D eigenvalue weighted by atomic mass is 35.5. The molecule has 0 aromatic heterocycles. The van der Waals surface area contributed by atoms with E-state index in [9.17, 15) is 10.2 Å². The smallest absolute Gasteiger partial charge is 0.0521 e. The molecule has 0 aliphatic heterocycles. The van der Waals surface area contributed by atoms with Crippen LogP contribution in [0.25, 0.3) is 0 Å². The van der Waals surface area contributed by atoms with E-state index in [4.69, 9.17) is 10.2 Å². The van der Waals surface area contributed by atoms with Gasteiger partial charge in [-0.25, -0.2) is 10.0 Å². The normalized spacial score (nSPS) is 11.6. The third-order valence-corrected chi connectivity index (χ3v) is 9.48. The number of halogens is 2. The quantitative estimate of drug-likeness (QED) is 0.282. The van der Waals surface area contributed by atoms with E-state index >= 15 is 0 Å². The minimum absolute atomic E-state index is 0. The van der Waals surface area contributed by atoms with Gasteiger partial charge in [0, 0.05) is 28.8 Å². The Labute approximate surface area is 151 Å². The van der Waals surface area contributed by atoms with Gasteiger partial charge in [0.1, 0.15) is 0 Å². The van der Waals surface area contributed by atoms with Crippen molar-refractivity contribution in [3.05, 3.63) is 0 Å². The molecule has 0 rings (SSSR count). The largest absolute Gasteiger partial charge is 1.00 e. The monoisotopic (exact) mass is 400 g/mol. The number of thioether (sulfide) groups is 2. The Hall–Kier alpha value is 1.47. The second-order valence-electron chi connectivity index (χ2n) is 4.12. The molecule has 0 aliphatic rings. The average Bonchev–Trinajstić information content (AvgIpc) is 2.39. The maximum Gasteiger partial charge on any atom is 0.0521 e. The molecule has 0 saturated heterocycles. The molecular weight excluding hydrogens is 375 g/mol. The highest BCUT2D eigenvalue weighted by Gasteiger charge is 2.19. The van der Waals surface area contributed by atoms with Gasteiger partial charge in [-0.3, -0.25) is 0 Å². The number of aliphatic hydroxyl groups is 2. The Morgan fingerprint density at radius 3 is 1.62 bits per heavy atom. The second kappa shape index (κ2) is 19.5. The van der Waals surface area contributed by atoms with Gasteiger partial charge in [0.25, 0.3) is 0 Å². The summed E-state index contributed by atoms with van der Waals surface area (Å²) in [5.74, 6) is 6.54. The summed E-state index contributed by atoms with van der Waals surface area (Å²) in [4.78, 5) is 0. The lowest BCUT2D eigenvalue weighted by atomic mass is 10.8. The van der Waals surface area contributed by atoms with Crippen molar-refractivity contribution in [1.82, 2.24) is 0 Å². The first kappa shape index (κ1) is 27.3. The SMILES string of the molecule is [Cl-].[Cl-].[O-]CCS(CC[O-])(CCO)CCSCCSCCO. The molecule has 0 heterocycles. The Morgan fingerprint density at radius 1 is 0.667 bits per heavy atom. The fraction of sp³-hybridized carbons (Fsp3) is 1.00. The molecule has 0 bridgehead atoms. The topological polar surface area (TPSA) is 86.6 Å². The highest BCUT2D eigenvalue weighted by Crippen LogP contribution is 2.46. The molecule has 21 heavy (non-hydrogen) atoms. The predicted molar refractivity (Wildman–Crippen MR) is 85.6 cm³/mol. The van der Waals surface area contributed by atoms with Gasteiger partial charge in [-0.1, -0.05) is 0 Å². The van der Waals surface area contributed by atoms with Crippen LogP contribution in [-0.4, -0.2) is 82.7 Å². The standard InChI is InChI=1S/C12H26O4S3.2ClH/c13-1-5-17-6-7-18-8-12-19(9-2-14,10-3-15)11-4-16;;/h13-14H,1-12H2;2*1H/q-2;;/p-2. The molecule has 0 fully saturated rings. The van der Waals surface area contributed by atoms with Crippen molar-refractivity contribution in [2.45, 2.75) is 0 Å². The molecule has 0 radical (unpaired) electrons. The summed E-state index contributed by atoms with van der Waals surface area (Å²) in [5.41, 5.74) is 0. The number of hydrogen-bond acceptors (Lipinski definition) is 6. The molecule has 0 atom stereocenters. The maximum atomic E-state index is 10.9. The van der Waals surface area contributed by atoms with Crippen LogP contribution in [-0.2, 0) is 0 Å². The predicted octanol–water partition coefficient (Wildman–Crippen LogP) is -7.03. The highest BCUT2D eigenvalue weighted by molar-refractivity contribution is 8.34. The zero-order chi connectivity index (χ0) is 14.4. The molecule has 0 aromatic carbocycles. The van der Waals surface area contributed by atoms with Crippen molar-refractivity contribution in [1.29, 1.82) is 0 Å². The summed E-state index contributed by atoms with van der Waals surface area (Å²) >= 11 is 3.58. The molecule has 0 aromatic rings. The van der Waals surface area contributed by atoms with Crippen LogP contribution >= 0.6 is 33.6 Å². The lowest BCUT2D eigenvalue weighted by Gasteiger charge is -2.42. The molecule has 0 unspecified atom stereocenters. The summed E-state index contributed by atoms with van der Waals surface area (Å²) in [6.45, 7) is 0.0527. The molecule has 134 valence electrons. The van der Waals surface area contributed by atoms with Gasteiger partial charge in [0.15, 0.2) is 0 Å². The van der Waals surface area contributed by atoms with Crippen LogP contribution in [0.15, 0.2) is 0 Å². The molecule has 4 nitrogen and oxygen atoms in total. The first-order chi connectivity index (χ1) is 9.24. The fourth-order valence-corrected chi connectivity index (χ4v) is 7.47. The zero-order valence-corrected chi connectivity index (χ0v) is 16.1. The maximum absolute atomic E-state index is 10.9. The summed E-state index contributed by atoms with van der Waals surface area (Å²) in [6.07, 6.45) is 0. The summed E-state index contributed by atoms with van der Waals surface area (Å²) in [6, 6.07) is 0. The Kier molecular flexibility index (Phi) is 25.4. The van der Waals surface area contributed by atoms with E-state index < -0.39 is 10.0 Å². The van der Waals surface area contributed by atoms with E-state index in [1.807, 2.05) is 11.8 Å². The van der Waals surface area contributed by atoms with Gasteiger partial charge in [-0.2, -0.15) is 23.5 Å². The van der Waals surface area contributed by atoms with E-state index in [0.717, 1.165) is 28.8 Å². The van der Waals surface area contributed by atoms with Crippen molar-refractivity contribution < 1.29 is 45.2 Å². The minimum atomic E-state index is -1.19. The van der Waals surface area contributed by atoms with E-state index in [1.165, 1.54) is 0 Å². The van der Waals surface area contributed by atoms with Crippen LogP contribution in [0.1, 0.15) is 0 Å². The summed E-state index contributed by atoms with van der Waals surface area (Å²) < 4.78 is 0. The van der Waals surface area contributed by atoms with Crippen LogP contribution in [0.2, 0.25) is 0 Å². The number of hydrogen-bond donors (Lipinski definition) is 2. The third-order valence-electron chi connectivity index (χ3n) is 2.83. The van der Waals surface area contributed by atoms with Gasteiger partial charge in [-0.05, 0) is 17.3 Å². The van der Waals surface area contributed by atoms with E-state index in [0.29, 0.717) is 17.3 Å². The second-order valence-corrected chi connectivity index (χ2v) is 10.7. The van der Waals surface area contributed by atoms with Crippen LogP contribution in [0, 0.1) is 0 Å². The van der Waals surface area contributed by atoms with Crippen LogP contribution in [0.3, 0.4) is 0 Å². The van der Waals surface area contributed by atoms with Crippen molar-refractivity contribution in [3.63, 3.8) is 0 Å². The molecule has 9 heteroatoms. The van der Waals surface area contributed by atoms with Crippen molar-refractivity contribution in [2.75, 3.05) is 72.5 Å². The van der Waals surface area contributed by atoms with Gasteiger partial charge in [0.05, 0.1) is 13.2 Å². The van der Waals surface area contributed by atoms with Gasteiger partial charge in [0.2, 0.25) is 0 Å². The Morgan fingerprint density at radius 2 is 1.19 bits per heavy atom. The minimum Gasteiger partial charge on any atom is -1.00 e. The summed E-state index contributed by atoms with van der Waals surface area (Å²) in [5, 5.41) is 39.6. The molecule has 0 amide bonds. The third kappa shape index (κ3) is 14.8. The van der Waals surface area contributed by atoms with E-state index in [1.54, 1.807) is 11.8 Å². The Bertz CT molecular complexity index is 188.